The minimum atomic E-state index is 0.377. The predicted molar refractivity (Wildman–Crippen MR) is 174 cm³/mol. The Labute approximate surface area is 244 Å². The number of hydrogen-bond donors (Lipinski definition) is 0. The van der Waals surface area contributed by atoms with Crippen LogP contribution in [0.1, 0.15) is 5.69 Å². The maximum absolute atomic E-state index is 9.88. The molecule has 3 heterocycles. The second-order valence-electron chi connectivity index (χ2n) is 10.6. The van der Waals surface area contributed by atoms with Gasteiger partial charge in [0.1, 0.15) is 6.07 Å². The summed E-state index contributed by atoms with van der Waals surface area (Å²) in [7, 11) is 0. The van der Waals surface area contributed by atoms with Gasteiger partial charge in [0.25, 0.3) is 0 Å². The van der Waals surface area contributed by atoms with Gasteiger partial charge in [-0.05, 0) is 70.4 Å². The molecule has 194 valence electrons. The molecule has 0 bridgehead atoms. The first-order valence-corrected chi connectivity index (χ1v) is 14.6. The molecule has 3 aromatic heterocycles. The molecule has 6 aromatic carbocycles. The van der Waals surface area contributed by atoms with Gasteiger partial charge in [-0.15, -0.1) is 11.3 Å². The molecule has 0 amide bonds. The fourth-order valence-corrected chi connectivity index (χ4v) is 7.45. The highest BCUT2D eigenvalue weighted by molar-refractivity contribution is 7.26. The number of thiophene rings is 1. The first-order valence-electron chi connectivity index (χ1n) is 13.8. The summed E-state index contributed by atoms with van der Waals surface area (Å²) in [5.74, 6) is 0.502. The van der Waals surface area contributed by atoms with Crippen LogP contribution in [0, 0.1) is 11.3 Å². The third kappa shape index (κ3) is 3.27. The molecule has 4 nitrogen and oxygen atoms in total. The molecule has 0 fully saturated rings. The zero-order valence-corrected chi connectivity index (χ0v) is 23.1. The molecule has 0 unspecified atom stereocenters. The molecule has 0 atom stereocenters. The van der Waals surface area contributed by atoms with Crippen LogP contribution in [0.5, 0.6) is 0 Å². The molecular formula is C37H20N4S. The largest absolute Gasteiger partial charge is 0.278 e. The van der Waals surface area contributed by atoms with Gasteiger partial charge in [0.15, 0.2) is 5.69 Å². The third-order valence-electron chi connectivity index (χ3n) is 8.26. The van der Waals surface area contributed by atoms with E-state index in [-0.39, 0.29) is 0 Å². The van der Waals surface area contributed by atoms with Crippen molar-refractivity contribution in [1.29, 1.82) is 5.26 Å². The molecule has 0 radical (unpaired) electrons. The van der Waals surface area contributed by atoms with Crippen LogP contribution in [0.15, 0.2) is 121 Å². The standard InChI is InChI=1S/C37H20N4S/c38-21-31-27-10-3-5-11-30(27)39-37(40-31)41-32-12-6-4-9-26(32)28-19-23(13-16-33(28)41)24-15-17-34-29(20-24)36-25-8-2-1-7-22(25)14-18-35(36)42-34/h1-20H. The second kappa shape index (κ2) is 8.71. The van der Waals surface area contributed by atoms with Gasteiger partial charge in [-0.2, -0.15) is 5.26 Å². The van der Waals surface area contributed by atoms with Crippen LogP contribution in [0.3, 0.4) is 0 Å². The minimum absolute atomic E-state index is 0.377. The highest BCUT2D eigenvalue weighted by Crippen LogP contribution is 2.41. The van der Waals surface area contributed by atoms with E-state index in [1.807, 2.05) is 41.7 Å². The van der Waals surface area contributed by atoms with E-state index >= 15 is 0 Å². The molecule has 9 rings (SSSR count). The van der Waals surface area contributed by atoms with Gasteiger partial charge in [-0.3, -0.25) is 4.57 Å². The minimum Gasteiger partial charge on any atom is -0.278 e. The van der Waals surface area contributed by atoms with Crippen molar-refractivity contribution >= 4 is 75.0 Å². The summed E-state index contributed by atoms with van der Waals surface area (Å²) in [5, 5.41) is 18.1. The molecule has 9 aromatic rings. The quantitative estimate of drug-likeness (QED) is 0.214. The maximum Gasteiger partial charge on any atom is 0.236 e. The zero-order chi connectivity index (χ0) is 27.8. The number of nitrogens with zero attached hydrogens (tertiary/aromatic N) is 4. The van der Waals surface area contributed by atoms with Crippen molar-refractivity contribution in [3.8, 4) is 23.1 Å². The number of nitriles is 1. The molecule has 5 heteroatoms. The van der Waals surface area contributed by atoms with Gasteiger partial charge in [0.2, 0.25) is 5.95 Å². The van der Waals surface area contributed by atoms with E-state index in [1.165, 1.54) is 36.5 Å². The number of aromatic nitrogens is 3. The van der Waals surface area contributed by atoms with Crippen molar-refractivity contribution in [3.05, 3.63) is 127 Å². The van der Waals surface area contributed by atoms with E-state index in [0.717, 1.165) is 38.3 Å². The first-order chi connectivity index (χ1) is 20.8. The van der Waals surface area contributed by atoms with Crippen molar-refractivity contribution in [2.24, 2.45) is 0 Å². The SMILES string of the molecule is N#Cc1nc(-n2c3ccccc3c3cc(-c4ccc5sc6ccc7ccccc7c6c5c4)ccc32)nc2ccccc12. The normalized spacial score (nSPS) is 11.8. The fourth-order valence-electron chi connectivity index (χ4n) is 6.34. The lowest BCUT2D eigenvalue weighted by Gasteiger charge is -2.09. The van der Waals surface area contributed by atoms with Gasteiger partial charge in [-0.1, -0.05) is 72.8 Å². The van der Waals surface area contributed by atoms with E-state index in [9.17, 15) is 5.26 Å². The molecular weight excluding hydrogens is 533 g/mol. The van der Waals surface area contributed by atoms with Crippen LogP contribution in [0.4, 0.5) is 0 Å². The van der Waals surface area contributed by atoms with E-state index in [1.54, 1.807) is 0 Å². The van der Waals surface area contributed by atoms with Gasteiger partial charge in [0, 0.05) is 36.3 Å². The van der Waals surface area contributed by atoms with Crippen molar-refractivity contribution in [2.75, 3.05) is 0 Å². The lowest BCUT2D eigenvalue weighted by atomic mass is 9.99. The van der Waals surface area contributed by atoms with Crippen LogP contribution in [0.2, 0.25) is 0 Å². The Bertz CT molecular complexity index is 2600. The molecule has 0 saturated carbocycles. The molecule has 0 aliphatic heterocycles. The van der Waals surface area contributed by atoms with Crippen LogP contribution in [0.25, 0.3) is 80.7 Å². The smallest absolute Gasteiger partial charge is 0.236 e. The average Bonchev–Trinajstić information content (AvgIpc) is 3.59. The van der Waals surface area contributed by atoms with Crippen LogP contribution in [-0.4, -0.2) is 14.5 Å². The number of para-hydroxylation sites is 2. The monoisotopic (exact) mass is 552 g/mol. The number of fused-ring (bicyclic) bond motifs is 9. The predicted octanol–water partition coefficient (Wildman–Crippen LogP) is 9.79. The molecule has 0 aliphatic carbocycles. The number of rotatable bonds is 2. The van der Waals surface area contributed by atoms with E-state index in [0.29, 0.717) is 11.6 Å². The topological polar surface area (TPSA) is 54.5 Å². The number of benzene rings is 6. The average molecular weight is 553 g/mol. The highest BCUT2D eigenvalue weighted by Gasteiger charge is 2.17. The Morgan fingerprint density at radius 2 is 1.26 bits per heavy atom. The van der Waals surface area contributed by atoms with Crippen LogP contribution in [-0.2, 0) is 0 Å². The van der Waals surface area contributed by atoms with Crippen molar-refractivity contribution < 1.29 is 0 Å². The summed E-state index contributed by atoms with van der Waals surface area (Å²) in [6.07, 6.45) is 0. The summed E-state index contributed by atoms with van der Waals surface area (Å²) >= 11 is 1.85. The van der Waals surface area contributed by atoms with Crippen molar-refractivity contribution in [1.82, 2.24) is 14.5 Å². The Morgan fingerprint density at radius 3 is 2.14 bits per heavy atom. The second-order valence-corrected chi connectivity index (χ2v) is 11.6. The Balaban J connectivity index is 1.28. The van der Waals surface area contributed by atoms with Crippen molar-refractivity contribution in [2.45, 2.75) is 0 Å². The summed E-state index contributed by atoms with van der Waals surface area (Å²) in [5.41, 5.74) is 5.49. The van der Waals surface area contributed by atoms with E-state index in [2.05, 4.69) is 102 Å². The lowest BCUT2D eigenvalue weighted by molar-refractivity contribution is 1.00. The zero-order valence-electron chi connectivity index (χ0n) is 22.2. The van der Waals surface area contributed by atoms with Gasteiger partial charge >= 0.3 is 0 Å². The lowest BCUT2D eigenvalue weighted by Crippen LogP contribution is -2.03. The number of hydrogen-bond acceptors (Lipinski definition) is 4. The van der Waals surface area contributed by atoms with E-state index in [4.69, 9.17) is 9.97 Å². The van der Waals surface area contributed by atoms with Gasteiger partial charge < -0.3 is 0 Å². The molecule has 0 aliphatic rings. The molecule has 42 heavy (non-hydrogen) atoms. The van der Waals surface area contributed by atoms with Gasteiger partial charge in [0.05, 0.1) is 16.6 Å². The van der Waals surface area contributed by atoms with Crippen LogP contribution >= 0.6 is 11.3 Å². The molecule has 0 N–H and O–H groups in total. The van der Waals surface area contributed by atoms with E-state index < -0.39 is 0 Å². The molecule has 0 saturated heterocycles. The first kappa shape index (κ1) is 23.2. The summed E-state index contributed by atoms with van der Waals surface area (Å²) in [6, 6.07) is 44.8. The third-order valence-corrected chi connectivity index (χ3v) is 9.40. The van der Waals surface area contributed by atoms with Crippen molar-refractivity contribution in [3.63, 3.8) is 0 Å². The Kier molecular flexibility index (Phi) is 4.81. The summed E-state index contributed by atoms with van der Waals surface area (Å²) < 4.78 is 4.68. The van der Waals surface area contributed by atoms with Crippen LogP contribution < -0.4 is 0 Å². The molecule has 0 spiro atoms. The fraction of sp³-hybridized carbons (Fsp3) is 0. The summed E-state index contributed by atoms with van der Waals surface area (Å²) in [6.45, 7) is 0. The Morgan fingerprint density at radius 1 is 0.571 bits per heavy atom. The maximum atomic E-state index is 9.88. The Hall–Kier alpha value is -5.57. The highest BCUT2D eigenvalue weighted by atomic mass is 32.1. The summed E-state index contributed by atoms with van der Waals surface area (Å²) in [4.78, 5) is 9.61. The van der Waals surface area contributed by atoms with Gasteiger partial charge in [-0.25, -0.2) is 9.97 Å².